The van der Waals surface area contributed by atoms with Gasteiger partial charge in [-0.3, -0.25) is 14.4 Å². The van der Waals surface area contributed by atoms with Crippen LogP contribution in [0.15, 0.2) is 73.8 Å². The van der Waals surface area contributed by atoms with Gasteiger partial charge in [0.1, 0.15) is 11.6 Å². The highest BCUT2D eigenvalue weighted by atomic mass is 16.5. The molecule has 43 heavy (non-hydrogen) atoms. The van der Waals surface area contributed by atoms with Gasteiger partial charge in [-0.2, -0.15) is 0 Å². The van der Waals surface area contributed by atoms with Gasteiger partial charge in [0.15, 0.2) is 0 Å². The number of fused-ring (bicyclic) bond motifs is 1. The molecule has 3 amide bonds. The Morgan fingerprint density at radius 3 is 2.44 bits per heavy atom. The zero-order chi connectivity index (χ0) is 30.7. The van der Waals surface area contributed by atoms with E-state index < -0.39 is 29.6 Å². The standard InChI is InChI=1S/C35H43N3O5/c1-5-19-36(26-13-9-7-10-14-26)32(40)29-28-17-18-35(43-28)30(29)33(41)38(21-11-8-12-22-39)31(35)34(42)37(20-6-2)27-23-24(3)15-16-25(27)4/h5-7,9-10,13-16,23,28-31,39H,1-2,8,11-12,17-22H2,3-4H3/t28-,29+,30-,31?,35?/m0/s1. The van der Waals surface area contributed by atoms with Gasteiger partial charge < -0.3 is 24.5 Å². The lowest BCUT2D eigenvalue weighted by Gasteiger charge is -2.37. The van der Waals surface area contributed by atoms with Crippen LogP contribution in [0.4, 0.5) is 11.4 Å². The highest BCUT2D eigenvalue weighted by molar-refractivity contribution is 6.06. The van der Waals surface area contributed by atoms with Crippen molar-refractivity contribution in [2.24, 2.45) is 11.8 Å². The molecule has 2 bridgehead atoms. The topological polar surface area (TPSA) is 90.4 Å². The highest BCUT2D eigenvalue weighted by Gasteiger charge is 2.75. The lowest BCUT2D eigenvalue weighted by molar-refractivity contribution is -0.140. The van der Waals surface area contributed by atoms with Gasteiger partial charge in [-0.05, 0) is 75.3 Å². The van der Waals surface area contributed by atoms with Gasteiger partial charge in [0.25, 0.3) is 5.91 Å². The van der Waals surface area contributed by atoms with E-state index in [1.807, 2.05) is 62.4 Å². The van der Waals surface area contributed by atoms with Crippen molar-refractivity contribution in [1.29, 1.82) is 0 Å². The number of unbranched alkanes of at least 4 members (excludes halogenated alkanes) is 2. The van der Waals surface area contributed by atoms with Crippen molar-refractivity contribution in [3.8, 4) is 0 Å². The zero-order valence-corrected chi connectivity index (χ0v) is 25.3. The molecule has 3 aliphatic heterocycles. The van der Waals surface area contributed by atoms with Gasteiger partial charge in [-0.1, -0.05) is 42.5 Å². The average Bonchev–Trinajstić information content (AvgIpc) is 3.65. The van der Waals surface area contributed by atoms with Crippen molar-refractivity contribution in [1.82, 2.24) is 4.90 Å². The number of likely N-dealkylation sites (tertiary alicyclic amines) is 1. The summed E-state index contributed by atoms with van der Waals surface area (Å²) >= 11 is 0. The van der Waals surface area contributed by atoms with Gasteiger partial charge in [0.2, 0.25) is 11.8 Å². The molecular weight excluding hydrogens is 542 g/mol. The van der Waals surface area contributed by atoms with Gasteiger partial charge >= 0.3 is 0 Å². The molecule has 3 aliphatic rings. The van der Waals surface area contributed by atoms with Crippen LogP contribution in [-0.4, -0.2) is 71.7 Å². The minimum atomic E-state index is -1.09. The number of carbonyl (C=O) groups excluding carboxylic acids is 3. The SMILES string of the molecule is C=CCN(C(=O)[C@@H]1[C@@H]2CCC3(O2)C(C(=O)N(CC=C)c2cc(C)ccc2C)N(CCCCCO)C(=O)[C@H]13)c1ccccc1. The van der Waals surface area contributed by atoms with Crippen LogP contribution in [0, 0.1) is 25.7 Å². The number of benzene rings is 2. The molecule has 3 heterocycles. The molecule has 2 aromatic carbocycles. The molecule has 3 fully saturated rings. The van der Waals surface area contributed by atoms with Crippen molar-refractivity contribution in [3.63, 3.8) is 0 Å². The highest BCUT2D eigenvalue weighted by Crippen LogP contribution is 2.59. The van der Waals surface area contributed by atoms with Crippen LogP contribution in [0.5, 0.6) is 0 Å². The fourth-order valence-corrected chi connectivity index (χ4v) is 7.36. The van der Waals surface area contributed by atoms with Crippen molar-refractivity contribution >= 4 is 29.1 Å². The number of rotatable bonds is 13. The van der Waals surface area contributed by atoms with Crippen molar-refractivity contribution in [2.75, 3.05) is 36.0 Å². The fourth-order valence-electron chi connectivity index (χ4n) is 7.36. The minimum Gasteiger partial charge on any atom is -0.396 e. The summed E-state index contributed by atoms with van der Waals surface area (Å²) < 4.78 is 6.71. The first-order valence-electron chi connectivity index (χ1n) is 15.3. The van der Waals surface area contributed by atoms with Gasteiger partial charge in [-0.15, -0.1) is 13.2 Å². The van der Waals surface area contributed by atoms with Gasteiger partial charge in [0, 0.05) is 37.6 Å². The third kappa shape index (κ3) is 5.43. The average molecular weight is 586 g/mol. The molecular formula is C35H43N3O5. The molecule has 2 unspecified atom stereocenters. The van der Waals surface area contributed by atoms with Gasteiger partial charge in [-0.25, -0.2) is 0 Å². The van der Waals surface area contributed by atoms with E-state index in [1.165, 1.54) is 0 Å². The lowest BCUT2D eigenvalue weighted by Crippen LogP contribution is -2.56. The maximum absolute atomic E-state index is 14.8. The van der Waals surface area contributed by atoms with Crippen LogP contribution < -0.4 is 9.80 Å². The Kier molecular flexibility index (Phi) is 9.18. The number of aliphatic hydroxyl groups excluding tert-OH is 1. The molecule has 8 heteroatoms. The van der Waals surface area contributed by atoms with Crippen LogP contribution in [0.25, 0.3) is 0 Å². The Labute approximate surface area is 254 Å². The largest absolute Gasteiger partial charge is 0.396 e. The van der Waals surface area contributed by atoms with Crippen LogP contribution in [0.3, 0.4) is 0 Å². The lowest BCUT2D eigenvalue weighted by atomic mass is 9.70. The Morgan fingerprint density at radius 2 is 1.74 bits per heavy atom. The summed E-state index contributed by atoms with van der Waals surface area (Å²) in [4.78, 5) is 48.6. The molecule has 0 saturated carbocycles. The molecule has 228 valence electrons. The maximum Gasteiger partial charge on any atom is 0.253 e. The number of nitrogens with zero attached hydrogens (tertiary/aromatic N) is 3. The summed E-state index contributed by atoms with van der Waals surface area (Å²) in [6.07, 6.45) is 6.04. The molecule has 3 saturated heterocycles. The van der Waals surface area contributed by atoms with Crippen molar-refractivity contribution in [3.05, 3.63) is 85.0 Å². The number of aliphatic hydroxyl groups is 1. The Bertz CT molecular complexity index is 1380. The number of para-hydroxylation sites is 1. The van der Waals surface area contributed by atoms with Crippen LogP contribution in [0.1, 0.15) is 43.2 Å². The molecule has 5 rings (SSSR count). The van der Waals surface area contributed by atoms with E-state index in [-0.39, 0.29) is 30.9 Å². The minimum absolute atomic E-state index is 0.0720. The fraction of sp³-hybridized carbons (Fsp3) is 0.457. The smallest absolute Gasteiger partial charge is 0.253 e. The van der Waals surface area contributed by atoms with E-state index in [9.17, 15) is 19.5 Å². The molecule has 1 spiro atoms. The number of hydrogen-bond donors (Lipinski definition) is 1. The summed E-state index contributed by atoms with van der Waals surface area (Å²) in [5, 5.41) is 9.34. The molecule has 0 aromatic heterocycles. The Morgan fingerprint density at radius 1 is 1.02 bits per heavy atom. The predicted molar refractivity (Wildman–Crippen MR) is 168 cm³/mol. The normalized spacial score (nSPS) is 25.5. The third-order valence-electron chi connectivity index (χ3n) is 9.26. The summed E-state index contributed by atoms with van der Waals surface area (Å²) in [7, 11) is 0. The number of ether oxygens (including phenoxy) is 1. The monoisotopic (exact) mass is 585 g/mol. The van der Waals surface area contributed by atoms with E-state index in [0.29, 0.717) is 38.8 Å². The third-order valence-corrected chi connectivity index (χ3v) is 9.26. The first kappa shape index (κ1) is 30.7. The molecule has 5 atom stereocenters. The number of anilines is 2. The second-order valence-corrected chi connectivity index (χ2v) is 12.0. The van der Waals surface area contributed by atoms with Crippen LogP contribution >= 0.6 is 0 Å². The first-order valence-corrected chi connectivity index (χ1v) is 15.3. The van der Waals surface area contributed by atoms with E-state index in [0.717, 1.165) is 28.9 Å². The summed E-state index contributed by atoms with van der Waals surface area (Å²) in [5.41, 5.74) is 2.38. The Hall–Kier alpha value is -3.75. The number of aryl methyl sites for hydroxylation is 2. The second kappa shape index (κ2) is 12.9. The molecule has 1 N–H and O–H groups in total. The number of amides is 3. The maximum atomic E-state index is 14.8. The summed E-state index contributed by atoms with van der Waals surface area (Å²) in [6, 6.07) is 14.5. The number of carbonyl (C=O) groups is 3. The zero-order valence-electron chi connectivity index (χ0n) is 25.3. The van der Waals surface area contributed by atoms with E-state index >= 15 is 0 Å². The van der Waals surface area contributed by atoms with Crippen LogP contribution in [-0.2, 0) is 19.1 Å². The first-order chi connectivity index (χ1) is 20.8. The summed E-state index contributed by atoms with van der Waals surface area (Å²) in [5.74, 6) is -2.05. The molecule has 0 aliphatic carbocycles. The number of hydrogen-bond acceptors (Lipinski definition) is 5. The predicted octanol–water partition coefficient (Wildman–Crippen LogP) is 4.58. The molecule has 2 aromatic rings. The van der Waals surface area contributed by atoms with E-state index in [2.05, 4.69) is 13.2 Å². The van der Waals surface area contributed by atoms with Crippen molar-refractivity contribution in [2.45, 2.75) is 63.7 Å². The van der Waals surface area contributed by atoms with E-state index in [4.69, 9.17) is 4.74 Å². The van der Waals surface area contributed by atoms with Gasteiger partial charge in [0.05, 0.1) is 17.9 Å². The summed E-state index contributed by atoms with van der Waals surface area (Å²) in [6.45, 7) is 12.7. The van der Waals surface area contributed by atoms with Crippen LogP contribution in [0.2, 0.25) is 0 Å². The van der Waals surface area contributed by atoms with Crippen molar-refractivity contribution < 1.29 is 24.2 Å². The Balaban J connectivity index is 1.55. The quantitative estimate of drug-likeness (QED) is 0.275. The van der Waals surface area contributed by atoms with E-state index in [1.54, 1.807) is 26.9 Å². The molecule has 0 radical (unpaired) electrons. The second-order valence-electron chi connectivity index (χ2n) is 12.0. The molecule has 8 nitrogen and oxygen atoms in total.